The first-order chi connectivity index (χ1) is 6.74. The van der Waals surface area contributed by atoms with E-state index >= 15 is 0 Å². The van der Waals surface area contributed by atoms with Crippen molar-refractivity contribution >= 4 is 7.32 Å². The van der Waals surface area contributed by atoms with Gasteiger partial charge in [-0.25, -0.2) is 0 Å². The van der Waals surface area contributed by atoms with Gasteiger partial charge in [-0.1, -0.05) is 0 Å². The summed E-state index contributed by atoms with van der Waals surface area (Å²) in [5.74, 6) is 0. The van der Waals surface area contributed by atoms with Gasteiger partial charge < -0.3 is 14.0 Å². The lowest BCUT2D eigenvalue weighted by Gasteiger charge is -2.31. The summed E-state index contributed by atoms with van der Waals surface area (Å²) in [6.45, 7) is 7.89. The molecule has 0 aliphatic carbocycles. The van der Waals surface area contributed by atoms with Crippen LogP contribution in [0.25, 0.3) is 0 Å². The van der Waals surface area contributed by atoms with Crippen LogP contribution in [0.5, 0.6) is 0 Å². The normalized spacial score (nSPS) is 39.9. The molecular formula is C9H18BNO3. The molecule has 3 fully saturated rings. The first-order valence-electron chi connectivity index (χ1n) is 5.39. The van der Waals surface area contributed by atoms with E-state index in [1.807, 2.05) is 0 Å². The molecule has 2 bridgehead atoms. The molecular weight excluding hydrogens is 181 g/mol. The van der Waals surface area contributed by atoms with Crippen LogP contribution in [-0.4, -0.2) is 50.7 Å². The molecule has 0 spiro atoms. The maximum absolute atomic E-state index is 5.63. The molecule has 0 aromatic heterocycles. The summed E-state index contributed by atoms with van der Waals surface area (Å²) in [6, 6.07) is 0. The van der Waals surface area contributed by atoms with Crippen molar-refractivity contribution in [1.82, 2.24) is 4.90 Å². The van der Waals surface area contributed by atoms with Crippen LogP contribution in [0.3, 0.4) is 0 Å². The second kappa shape index (κ2) is 4.62. The SMILES string of the molecule is CC1CN2CCCOB(O1)OC(C)C2. The Morgan fingerprint density at radius 2 is 1.79 bits per heavy atom. The van der Waals surface area contributed by atoms with Gasteiger partial charge in [-0.3, -0.25) is 4.90 Å². The lowest BCUT2D eigenvalue weighted by Crippen LogP contribution is -2.45. The minimum atomic E-state index is -0.458. The van der Waals surface area contributed by atoms with E-state index in [0.29, 0.717) is 0 Å². The molecule has 0 amide bonds. The van der Waals surface area contributed by atoms with Gasteiger partial charge in [-0.2, -0.15) is 0 Å². The molecule has 2 unspecified atom stereocenters. The summed E-state index contributed by atoms with van der Waals surface area (Å²) in [4.78, 5) is 2.39. The number of hydrogen-bond donors (Lipinski definition) is 0. The third-order valence-electron chi connectivity index (χ3n) is 2.59. The first-order valence-corrected chi connectivity index (χ1v) is 5.39. The van der Waals surface area contributed by atoms with E-state index in [1.165, 1.54) is 0 Å². The number of hydrogen-bond acceptors (Lipinski definition) is 4. The monoisotopic (exact) mass is 199 g/mol. The Bertz CT molecular complexity index is 161. The summed E-state index contributed by atoms with van der Waals surface area (Å²) in [5, 5.41) is 0. The minimum Gasteiger partial charge on any atom is -0.386 e. The molecule has 3 aliphatic rings. The molecule has 2 atom stereocenters. The maximum Gasteiger partial charge on any atom is 0.639 e. The van der Waals surface area contributed by atoms with Crippen molar-refractivity contribution in [1.29, 1.82) is 0 Å². The lowest BCUT2D eigenvalue weighted by molar-refractivity contribution is 0.00537. The predicted octanol–water partition coefficient (Wildman–Crippen LogP) is 0.517. The van der Waals surface area contributed by atoms with Gasteiger partial charge in [0.1, 0.15) is 0 Å². The fourth-order valence-corrected chi connectivity index (χ4v) is 2.03. The van der Waals surface area contributed by atoms with Crippen molar-refractivity contribution in [2.45, 2.75) is 32.5 Å². The number of fused-ring (bicyclic) bond motifs is 7. The maximum atomic E-state index is 5.63. The molecule has 3 heterocycles. The van der Waals surface area contributed by atoms with Gasteiger partial charge in [-0.05, 0) is 20.3 Å². The molecule has 4 nitrogen and oxygen atoms in total. The summed E-state index contributed by atoms with van der Waals surface area (Å²) in [5.41, 5.74) is 0. The molecule has 14 heavy (non-hydrogen) atoms. The van der Waals surface area contributed by atoms with Gasteiger partial charge in [0.15, 0.2) is 0 Å². The van der Waals surface area contributed by atoms with Crippen molar-refractivity contribution < 1.29 is 14.0 Å². The summed E-state index contributed by atoms with van der Waals surface area (Å²) >= 11 is 0. The van der Waals surface area contributed by atoms with Gasteiger partial charge in [-0.15, -0.1) is 0 Å². The highest BCUT2D eigenvalue weighted by Gasteiger charge is 2.32. The molecule has 3 saturated heterocycles. The molecule has 80 valence electrons. The van der Waals surface area contributed by atoms with Gasteiger partial charge >= 0.3 is 7.32 Å². The van der Waals surface area contributed by atoms with Crippen LogP contribution in [-0.2, 0) is 14.0 Å². The third-order valence-corrected chi connectivity index (χ3v) is 2.59. The van der Waals surface area contributed by atoms with Crippen molar-refractivity contribution in [2.24, 2.45) is 0 Å². The average molecular weight is 199 g/mol. The zero-order chi connectivity index (χ0) is 9.97. The van der Waals surface area contributed by atoms with Crippen molar-refractivity contribution in [3.05, 3.63) is 0 Å². The number of rotatable bonds is 0. The zero-order valence-corrected chi connectivity index (χ0v) is 8.94. The van der Waals surface area contributed by atoms with Crippen molar-refractivity contribution in [2.75, 3.05) is 26.2 Å². The fourth-order valence-electron chi connectivity index (χ4n) is 2.03. The molecule has 3 aliphatic heterocycles. The van der Waals surface area contributed by atoms with E-state index in [-0.39, 0.29) is 12.2 Å². The zero-order valence-electron chi connectivity index (χ0n) is 8.94. The standard InChI is InChI=1S/C9H18BNO3/c1-8-6-11-4-3-5-12-10(13-8)14-9(2)7-11/h8-9H,3-7H2,1-2H3. The smallest absolute Gasteiger partial charge is 0.386 e. The fraction of sp³-hybridized carbons (Fsp3) is 1.00. The van der Waals surface area contributed by atoms with E-state index in [2.05, 4.69) is 18.7 Å². The second-order valence-electron chi connectivity index (χ2n) is 4.17. The van der Waals surface area contributed by atoms with Crippen LogP contribution in [0.2, 0.25) is 0 Å². The molecule has 3 rings (SSSR count). The summed E-state index contributed by atoms with van der Waals surface area (Å²) < 4.78 is 16.8. The van der Waals surface area contributed by atoms with E-state index in [9.17, 15) is 0 Å². The van der Waals surface area contributed by atoms with E-state index in [0.717, 1.165) is 32.7 Å². The number of nitrogens with zero attached hydrogens (tertiary/aromatic N) is 1. The lowest BCUT2D eigenvalue weighted by atomic mass is 10.1. The highest BCUT2D eigenvalue weighted by atomic mass is 16.7. The van der Waals surface area contributed by atoms with Crippen molar-refractivity contribution in [3.8, 4) is 0 Å². The molecule has 0 saturated carbocycles. The quantitative estimate of drug-likeness (QED) is 0.532. The molecule has 5 heteroatoms. The van der Waals surface area contributed by atoms with Crippen LogP contribution >= 0.6 is 0 Å². The van der Waals surface area contributed by atoms with Crippen molar-refractivity contribution in [3.63, 3.8) is 0 Å². The summed E-state index contributed by atoms with van der Waals surface area (Å²) in [6.07, 6.45) is 1.43. The van der Waals surface area contributed by atoms with Gasteiger partial charge in [0.25, 0.3) is 0 Å². The van der Waals surface area contributed by atoms with Crippen LogP contribution in [0, 0.1) is 0 Å². The molecule has 0 aromatic carbocycles. The Balaban J connectivity index is 2.07. The first kappa shape index (κ1) is 10.4. The average Bonchev–Trinajstić information content (AvgIpc) is 2.19. The van der Waals surface area contributed by atoms with E-state index < -0.39 is 7.32 Å². The molecule has 0 radical (unpaired) electrons. The highest BCUT2D eigenvalue weighted by Crippen LogP contribution is 2.13. The third kappa shape index (κ3) is 2.70. The van der Waals surface area contributed by atoms with Gasteiger partial charge in [0.05, 0.1) is 12.2 Å². The molecule has 0 N–H and O–H groups in total. The second-order valence-corrected chi connectivity index (χ2v) is 4.17. The van der Waals surface area contributed by atoms with E-state index in [1.54, 1.807) is 0 Å². The van der Waals surface area contributed by atoms with Crippen LogP contribution in [0.4, 0.5) is 0 Å². The van der Waals surface area contributed by atoms with E-state index in [4.69, 9.17) is 14.0 Å². The van der Waals surface area contributed by atoms with Crippen LogP contribution in [0.1, 0.15) is 20.3 Å². The Morgan fingerprint density at radius 3 is 2.43 bits per heavy atom. The van der Waals surface area contributed by atoms with Crippen LogP contribution < -0.4 is 0 Å². The Hall–Kier alpha value is -0.0951. The van der Waals surface area contributed by atoms with Gasteiger partial charge in [0, 0.05) is 26.2 Å². The molecule has 0 aromatic rings. The van der Waals surface area contributed by atoms with Gasteiger partial charge in [0.2, 0.25) is 0 Å². The predicted molar refractivity (Wildman–Crippen MR) is 53.9 cm³/mol. The largest absolute Gasteiger partial charge is 0.639 e. The Morgan fingerprint density at radius 1 is 1.14 bits per heavy atom. The highest BCUT2D eigenvalue weighted by molar-refractivity contribution is 6.36. The topological polar surface area (TPSA) is 30.9 Å². The Kier molecular flexibility index (Phi) is 3.44. The summed E-state index contributed by atoms with van der Waals surface area (Å²) in [7, 11) is -0.458. The minimum absolute atomic E-state index is 0.186. The Labute approximate surface area is 85.7 Å². The van der Waals surface area contributed by atoms with Crippen LogP contribution in [0.15, 0.2) is 0 Å².